The third-order valence-corrected chi connectivity index (χ3v) is 4.02. The Hall–Kier alpha value is -2.15. The van der Waals surface area contributed by atoms with Gasteiger partial charge in [-0.2, -0.15) is 0 Å². The number of ether oxygens (including phenoxy) is 2. The lowest BCUT2D eigenvalue weighted by Gasteiger charge is -2.13. The van der Waals surface area contributed by atoms with Crippen LogP contribution >= 0.6 is 11.6 Å². The van der Waals surface area contributed by atoms with E-state index < -0.39 is 6.10 Å². The average Bonchev–Trinajstić information content (AvgIpc) is 2.66. The van der Waals surface area contributed by atoms with Crippen molar-refractivity contribution in [1.82, 2.24) is 10.3 Å². The number of hydrogen-bond acceptors (Lipinski definition) is 5. The molecule has 0 radical (unpaired) electrons. The molecule has 2 rings (SSSR count). The number of aromatic nitrogens is 1. The summed E-state index contributed by atoms with van der Waals surface area (Å²) in [4.78, 5) is 16.6. The molecule has 1 amide bonds. The highest BCUT2D eigenvalue weighted by molar-refractivity contribution is 6.30. The van der Waals surface area contributed by atoms with Gasteiger partial charge >= 0.3 is 0 Å². The van der Waals surface area contributed by atoms with Crippen LogP contribution in [-0.4, -0.2) is 49.0 Å². The molecule has 0 aliphatic rings. The second-order valence-electron chi connectivity index (χ2n) is 5.70. The van der Waals surface area contributed by atoms with Crippen LogP contribution in [0.15, 0.2) is 36.5 Å². The van der Waals surface area contributed by atoms with Crippen LogP contribution in [-0.2, 0) is 4.74 Å². The number of carbonyl (C=O) groups excluding carboxylic acids is 1. The molecule has 0 bridgehead atoms. The van der Waals surface area contributed by atoms with Gasteiger partial charge in [0.05, 0.1) is 18.3 Å². The van der Waals surface area contributed by atoms with Gasteiger partial charge in [-0.1, -0.05) is 30.7 Å². The molecule has 140 valence electrons. The summed E-state index contributed by atoms with van der Waals surface area (Å²) in [6, 6.07) is 8.92. The Labute approximate surface area is 158 Å². The normalized spacial score (nSPS) is 11.8. The highest BCUT2D eigenvalue weighted by Gasteiger charge is 2.14. The van der Waals surface area contributed by atoms with E-state index in [4.69, 9.17) is 21.1 Å². The zero-order chi connectivity index (χ0) is 18.9. The standard InChI is InChI=1S/C19H23ClN2O4/c1-3-16(23)12-21-18(24)14-10-17(13-4-6-15(20)7-5-13)19(22-11-14)26-9-8-25-2/h4-7,10-11,16,23H,3,8-9,12H2,1-2H3,(H,21,24). The fourth-order valence-electron chi connectivity index (χ4n) is 2.21. The fraction of sp³-hybridized carbons (Fsp3) is 0.368. The average molecular weight is 379 g/mol. The molecule has 0 saturated carbocycles. The summed E-state index contributed by atoms with van der Waals surface area (Å²) >= 11 is 5.96. The van der Waals surface area contributed by atoms with E-state index in [0.29, 0.717) is 41.7 Å². The number of aliphatic hydroxyl groups excluding tert-OH is 1. The van der Waals surface area contributed by atoms with Crippen LogP contribution < -0.4 is 10.1 Å². The molecule has 0 spiro atoms. The third kappa shape index (κ3) is 5.69. The molecule has 6 nitrogen and oxygen atoms in total. The summed E-state index contributed by atoms with van der Waals surface area (Å²) in [6.45, 7) is 2.82. The van der Waals surface area contributed by atoms with Crippen LogP contribution in [0.1, 0.15) is 23.7 Å². The van der Waals surface area contributed by atoms with Crippen molar-refractivity contribution in [3.05, 3.63) is 47.1 Å². The maximum atomic E-state index is 12.3. The molecule has 1 heterocycles. The van der Waals surface area contributed by atoms with E-state index in [0.717, 1.165) is 5.56 Å². The quantitative estimate of drug-likeness (QED) is 0.656. The van der Waals surface area contributed by atoms with E-state index >= 15 is 0 Å². The van der Waals surface area contributed by atoms with Crippen molar-refractivity contribution in [3.63, 3.8) is 0 Å². The van der Waals surface area contributed by atoms with Crippen molar-refractivity contribution in [2.45, 2.75) is 19.4 Å². The molecule has 0 aliphatic heterocycles. The lowest BCUT2D eigenvalue weighted by molar-refractivity contribution is 0.0913. The number of nitrogens with zero attached hydrogens (tertiary/aromatic N) is 1. The van der Waals surface area contributed by atoms with Crippen LogP contribution in [0.2, 0.25) is 5.02 Å². The van der Waals surface area contributed by atoms with Crippen LogP contribution in [0.4, 0.5) is 0 Å². The summed E-state index contributed by atoms with van der Waals surface area (Å²) in [5.41, 5.74) is 1.90. The number of benzene rings is 1. The maximum Gasteiger partial charge on any atom is 0.252 e. The molecule has 1 aromatic carbocycles. The molecule has 1 aromatic heterocycles. The molecular formula is C19H23ClN2O4. The van der Waals surface area contributed by atoms with Gasteiger partial charge in [0.15, 0.2) is 0 Å². The van der Waals surface area contributed by atoms with Crippen molar-refractivity contribution in [2.24, 2.45) is 0 Å². The van der Waals surface area contributed by atoms with Gasteiger partial charge < -0.3 is 19.9 Å². The summed E-state index contributed by atoms with van der Waals surface area (Å²) < 4.78 is 10.7. The van der Waals surface area contributed by atoms with Crippen molar-refractivity contribution in [2.75, 3.05) is 26.9 Å². The highest BCUT2D eigenvalue weighted by atomic mass is 35.5. The maximum absolute atomic E-state index is 12.3. The first kappa shape index (κ1) is 20.2. The summed E-state index contributed by atoms with van der Waals surface area (Å²) in [5.74, 6) is 0.109. The number of nitrogens with one attached hydrogen (secondary N) is 1. The Morgan fingerprint density at radius 3 is 2.69 bits per heavy atom. The molecule has 0 aliphatic carbocycles. The minimum Gasteiger partial charge on any atom is -0.475 e. The van der Waals surface area contributed by atoms with Crippen LogP contribution in [0.3, 0.4) is 0 Å². The molecule has 0 saturated heterocycles. The second kappa shape index (κ2) is 10.1. The Bertz CT molecular complexity index is 722. The fourth-order valence-corrected chi connectivity index (χ4v) is 2.33. The van der Waals surface area contributed by atoms with Gasteiger partial charge in [0, 0.05) is 30.4 Å². The van der Waals surface area contributed by atoms with Crippen molar-refractivity contribution in [3.8, 4) is 17.0 Å². The third-order valence-electron chi connectivity index (χ3n) is 3.76. The van der Waals surface area contributed by atoms with E-state index in [1.165, 1.54) is 6.20 Å². The van der Waals surface area contributed by atoms with E-state index in [9.17, 15) is 9.90 Å². The molecule has 1 atom stereocenters. The topological polar surface area (TPSA) is 80.7 Å². The Morgan fingerprint density at radius 1 is 1.31 bits per heavy atom. The monoisotopic (exact) mass is 378 g/mol. The van der Waals surface area contributed by atoms with Gasteiger partial charge in [0.1, 0.15) is 6.61 Å². The number of amides is 1. The Kier molecular flexibility index (Phi) is 7.84. The molecule has 1 unspecified atom stereocenters. The molecule has 2 aromatic rings. The molecular weight excluding hydrogens is 356 g/mol. The van der Waals surface area contributed by atoms with E-state index in [2.05, 4.69) is 10.3 Å². The van der Waals surface area contributed by atoms with E-state index in [1.54, 1.807) is 25.3 Å². The minimum atomic E-state index is -0.570. The predicted octanol–water partition coefficient (Wildman–Crippen LogP) is 2.93. The first-order valence-corrected chi connectivity index (χ1v) is 8.77. The van der Waals surface area contributed by atoms with Gasteiger partial charge in [-0.3, -0.25) is 4.79 Å². The molecule has 7 heteroatoms. The number of pyridine rings is 1. The summed E-state index contributed by atoms with van der Waals surface area (Å²) in [6.07, 6.45) is 1.45. The zero-order valence-electron chi connectivity index (χ0n) is 14.9. The number of hydrogen-bond donors (Lipinski definition) is 2. The Morgan fingerprint density at radius 2 is 2.04 bits per heavy atom. The van der Waals surface area contributed by atoms with Crippen LogP contribution in [0.25, 0.3) is 11.1 Å². The number of carbonyl (C=O) groups is 1. The van der Waals surface area contributed by atoms with Gasteiger partial charge in [0.2, 0.25) is 5.88 Å². The van der Waals surface area contributed by atoms with Crippen molar-refractivity contribution >= 4 is 17.5 Å². The summed E-state index contributed by atoms with van der Waals surface area (Å²) in [7, 11) is 1.59. The number of methoxy groups -OCH3 is 1. The Balaban J connectivity index is 2.27. The minimum absolute atomic E-state index is 0.192. The van der Waals surface area contributed by atoms with Crippen LogP contribution in [0, 0.1) is 0 Å². The zero-order valence-corrected chi connectivity index (χ0v) is 15.6. The lowest BCUT2D eigenvalue weighted by Crippen LogP contribution is -2.31. The molecule has 26 heavy (non-hydrogen) atoms. The summed E-state index contributed by atoms with van der Waals surface area (Å²) in [5, 5.41) is 12.9. The number of aliphatic hydroxyl groups is 1. The van der Waals surface area contributed by atoms with E-state index in [-0.39, 0.29) is 12.5 Å². The van der Waals surface area contributed by atoms with Crippen molar-refractivity contribution < 1.29 is 19.4 Å². The van der Waals surface area contributed by atoms with Gasteiger partial charge in [-0.15, -0.1) is 0 Å². The van der Waals surface area contributed by atoms with Gasteiger partial charge in [-0.05, 0) is 30.2 Å². The van der Waals surface area contributed by atoms with Crippen LogP contribution in [0.5, 0.6) is 5.88 Å². The number of rotatable bonds is 9. The molecule has 2 N–H and O–H groups in total. The SMILES string of the molecule is CCC(O)CNC(=O)c1cnc(OCCOC)c(-c2ccc(Cl)cc2)c1. The first-order chi connectivity index (χ1) is 12.5. The second-order valence-corrected chi connectivity index (χ2v) is 6.13. The molecule has 0 fully saturated rings. The van der Waals surface area contributed by atoms with E-state index in [1.807, 2.05) is 19.1 Å². The smallest absolute Gasteiger partial charge is 0.252 e. The van der Waals surface area contributed by atoms with Gasteiger partial charge in [-0.25, -0.2) is 4.98 Å². The highest BCUT2D eigenvalue weighted by Crippen LogP contribution is 2.30. The first-order valence-electron chi connectivity index (χ1n) is 8.39. The van der Waals surface area contributed by atoms with Crippen molar-refractivity contribution in [1.29, 1.82) is 0 Å². The number of halogens is 1. The largest absolute Gasteiger partial charge is 0.475 e. The predicted molar refractivity (Wildman–Crippen MR) is 101 cm³/mol. The van der Waals surface area contributed by atoms with Gasteiger partial charge in [0.25, 0.3) is 5.91 Å². The lowest BCUT2D eigenvalue weighted by atomic mass is 10.0.